The minimum Gasteiger partial charge on any atom is -0.274 e. The number of carbonyl (C=O) groups excluding carboxylic acids is 2. The van der Waals surface area contributed by atoms with Gasteiger partial charge in [-0.1, -0.05) is 27.7 Å². The number of nitrogens with zero attached hydrogens (tertiary/aromatic N) is 2. The minimum absolute atomic E-state index is 0.0690. The van der Waals surface area contributed by atoms with Crippen molar-refractivity contribution in [3.8, 4) is 12.4 Å². The molecule has 164 valence electrons. The average Bonchev–Trinajstić information content (AvgIpc) is 2.58. The van der Waals surface area contributed by atoms with Gasteiger partial charge in [-0.15, -0.1) is 0 Å². The van der Waals surface area contributed by atoms with E-state index >= 15 is 0 Å². The van der Waals surface area contributed by atoms with Gasteiger partial charge in [0.2, 0.25) is 11.8 Å². The normalized spacial score (nSPS) is 11.4. The highest BCUT2D eigenvalue weighted by Gasteiger charge is 2.22. The molecule has 0 aliphatic rings. The fourth-order valence-corrected chi connectivity index (χ4v) is 5.02. The average molecular weight is 441 g/mol. The van der Waals surface area contributed by atoms with Gasteiger partial charge in [-0.05, 0) is 65.9 Å². The van der Waals surface area contributed by atoms with Gasteiger partial charge in [-0.3, -0.25) is 20.2 Å². The van der Waals surface area contributed by atoms with Crippen LogP contribution in [0.25, 0.3) is 0 Å². The van der Waals surface area contributed by atoms with Crippen LogP contribution in [-0.2, 0) is 9.59 Å². The molecule has 0 aromatic carbocycles. The lowest BCUT2D eigenvalue weighted by molar-refractivity contribution is -0.122. The molecule has 29 heavy (non-hydrogen) atoms. The third-order valence-electron chi connectivity index (χ3n) is 4.53. The Morgan fingerprint density at radius 3 is 1.41 bits per heavy atom. The molecule has 0 saturated heterocycles. The second-order valence-electron chi connectivity index (χ2n) is 8.79. The van der Waals surface area contributed by atoms with E-state index in [9.17, 15) is 9.59 Å². The van der Waals surface area contributed by atoms with Crippen molar-refractivity contribution in [2.24, 2.45) is 10.8 Å². The molecule has 0 unspecified atom stereocenters. The Morgan fingerprint density at radius 1 is 0.724 bits per heavy atom. The Kier molecular flexibility index (Phi) is 14.7. The number of nitrogens with one attached hydrogen (secondary N) is 2. The van der Waals surface area contributed by atoms with Gasteiger partial charge < -0.3 is 0 Å². The number of rotatable bonds is 16. The van der Waals surface area contributed by atoms with E-state index in [1.54, 1.807) is 12.4 Å². The van der Waals surface area contributed by atoms with E-state index in [1.807, 2.05) is 23.5 Å². The van der Waals surface area contributed by atoms with Crippen LogP contribution >= 0.6 is 23.5 Å². The highest BCUT2D eigenvalue weighted by atomic mass is 32.2. The minimum atomic E-state index is -0.198. The lowest BCUT2D eigenvalue weighted by Gasteiger charge is -2.23. The monoisotopic (exact) mass is 440 g/mol. The summed E-state index contributed by atoms with van der Waals surface area (Å²) in [5.74, 6) is 4.12. The lowest BCUT2D eigenvalue weighted by atomic mass is 9.84. The summed E-state index contributed by atoms with van der Waals surface area (Å²) in [6.45, 7) is 8.29. The summed E-state index contributed by atoms with van der Waals surface area (Å²) < 4.78 is 0. The number of carbonyl (C=O) groups is 2. The van der Waals surface area contributed by atoms with Crippen LogP contribution < -0.4 is 10.6 Å². The van der Waals surface area contributed by atoms with Crippen LogP contribution in [0.5, 0.6) is 0 Å². The molecule has 0 fully saturated rings. The molecule has 0 bridgehead atoms. The first kappa shape index (κ1) is 27.6. The van der Waals surface area contributed by atoms with Gasteiger partial charge in [0.1, 0.15) is 0 Å². The Hall–Kier alpha value is -1.38. The maximum Gasteiger partial charge on any atom is 0.233 e. The Balaban J connectivity index is 3.60. The molecule has 0 saturated carbocycles. The SMILES string of the molecule is CC(C)(CCCSCCCSCCCC(C)(C)CC(=O)NC#N)CC(=O)NC#N. The summed E-state index contributed by atoms with van der Waals surface area (Å²) in [7, 11) is 0. The van der Waals surface area contributed by atoms with Crippen LogP contribution in [0.4, 0.5) is 0 Å². The van der Waals surface area contributed by atoms with Gasteiger partial charge in [0.15, 0.2) is 12.4 Å². The highest BCUT2D eigenvalue weighted by molar-refractivity contribution is 8.00. The summed E-state index contributed by atoms with van der Waals surface area (Å²) >= 11 is 3.93. The van der Waals surface area contributed by atoms with Gasteiger partial charge in [0, 0.05) is 12.8 Å². The molecule has 0 rings (SSSR count). The van der Waals surface area contributed by atoms with Crippen LogP contribution in [0.1, 0.15) is 72.6 Å². The second-order valence-corrected chi connectivity index (χ2v) is 11.2. The molecule has 2 N–H and O–H groups in total. The van der Waals surface area contributed by atoms with Gasteiger partial charge in [0.25, 0.3) is 0 Å². The maximum atomic E-state index is 11.5. The molecule has 0 aliphatic heterocycles. The van der Waals surface area contributed by atoms with Crippen molar-refractivity contribution in [1.29, 1.82) is 10.5 Å². The van der Waals surface area contributed by atoms with Gasteiger partial charge >= 0.3 is 0 Å². The molecule has 0 aliphatic carbocycles. The number of hydrogen-bond donors (Lipinski definition) is 2. The number of hydrogen-bond acceptors (Lipinski definition) is 6. The summed E-state index contributed by atoms with van der Waals surface area (Å²) in [6.07, 6.45) is 9.47. The molecule has 0 aromatic rings. The predicted molar refractivity (Wildman–Crippen MR) is 122 cm³/mol. The van der Waals surface area contributed by atoms with E-state index in [1.165, 1.54) is 6.42 Å². The quantitative estimate of drug-likeness (QED) is 0.209. The number of amides is 2. The topological polar surface area (TPSA) is 106 Å². The Labute approximate surface area is 184 Å². The van der Waals surface area contributed by atoms with Gasteiger partial charge in [0.05, 0.1) is 0 Å². The smallest absolute Gasteiger partial charge is 0.233 e. The van der Waals surface area contributed by atoms with E-state index < -0.39 is 0 Å². The second kappa shape index (κ2) is 15.5. The van der Waals surface area contributed by atoms with E-state index in [0.717, 1.165) is 48.7 Å². The summed E-state index contributed by atoms with van der Waals surface area (Å²) in [5.41, 5.74) is -0.138. The van der Waals surface area contributed by atoms with E-state index in [2.05, 4.69) is 38.3 Å². The summed E-state index contributed by atoms with van der Waals surface area (Å²) in [6, 6.07) is 0. The molecule has 0 spiro atoms. The number of thioether (sulfide) groups is 2. The Morgan fingerprint density at radius 2 is 1.07 bits per heavy atom. The third-order valence-corrected chi connectivity index (χ3v) is 6.84. The van der Waals surface area contributed by atoms with Crippen molar-refractivity contribution in [2.45, 2.75) is 72.6 Å². The predicted octanol–water partition coefficient (Wildman–Crippen LogP) is 4.43. The first-order chi connectivity index (χ1) is 13.6. The highest BCUT2D eigenvalue weighted by Crippen LogP contribution is 2.28. The standard InChI is InChI=1S/C21H36N4O2S2/c1-20(2,14-18(26)24-16-22)8-5-10-28-12-7-13-29-11-6-9-21(3,4)15-19(27)25-17-23/h5-15H2,1-4H3,(H,24,26)(H,25,27). The van der Waals surface area contributed by atoms with Crippen molar-refractivity contribution < 1.29 is 9.59 Å². The van der Waals surface area contributed by atoms with Crippen molar-refractivity contribution in [1.82, 2.24) is 10.6 Å². The van der Waals surface area contributed by atoms with Crippen molar-refractivity contribution >= 4 is 35.3 Å². The molecule has 0 heterocycles. The van der Waals surface area contributed by atoms with Crippen molar-refractivity contribution in [3.63, 3.8) is 0 Å². The third kappa shape index (κ3) is 17.2. The van der Waals surface area contributed by atoms with Gasteiger partial charge in [-0.25, -0.2) is 0 Å². The zero-order valence-corrected chi connectivity index (χ0v) is 19.9. The van der Waals surface area contributed by atoms with Crippen LogP contribution in [0.15, 0.2) is 0 Å². The van der Waals surface area contributed by atoms with Crippen LogP contribution in [0.2, 0.25) is 0 Å². The summed E-state index contributed by atoms with van der Waals surface area (Å²) in [4.78, 5) is 23.0. The summed E-state index contributed by atoms with van der Waals surface area (Å²) in [5, 5.41) is 21.3. The lowest BCUT2D eigenvalue weighted by Crippen LogP contribution is -2.25. The van der Waals surface area contributed by atoms with Crippen LogP contribution in [0, 0.1) is 33.7 Å². The largest absolute Gasteiger partial charge is 0.274 e. The van der Waals surface area contributed by atoms with E-state index in [-0.39, 0.29) is 22.6 Å². The zero-order chi connectivity index (χ0) is 22.2. The molecule has 6 nitrogen and oxygen atoms in total. The molecule has 0 radical (unpaired) electrons. The van der Waals surface area contributed by atoms with E-state index in [4.69, 9.17) is 10.5 Å². The van der Waals surface area contributed by atoms with Crippen LogP contribution in [-0.4, -0.2) is 34.8 Å². The molecular weight excluding hydrogens is 404 g/mol. The maximum absolute atomic E-state index is 11.5. The Bertz CT molecular complexity index is 530. The fraction of sp³-hybridized carbons (Fsp3) is 0.810. The molecule has 8 heteroatoms. The first-order valence-corrected chi connectivity index (χ1v) is 12.4. The zero-order valence-electron chi connectivity index (χ0n) is 18.3. The van der Waals surface area contributed by atoms with E-state index in [0.29, 0.717) is 12.8 Å². The van der Waals surface area contributed by atoms with Crippen molar-refractivity contribution in [3.05, 3.63) is 0 Å². The molecule has 2 amide bonds. The fourth-order valence-electron chi connectivity index (χ4n) is 3.03. The molecule has 0 atom stereocenters. The first-order valence-electron chi connectivity index (χ1n) is 10.1. The van der Waals surface area contributed by atoms with Crippen molar-refractivity contribution in [2.75, 3.05) is 23.0 Å². The van der Waals surface area contributed by atoms with Gasteiger partial charge in [-0.2, -0.15) is 34.0 Å². The van der Waals surface area contributed by atoms with Crippen LogP contribution in [0.3, 0.4) is 0 Å². The molecule has 0 aromatic heterocycles. The number of nitriles is 2. The molecular formula is C21H36N4O2S2.